The first-order valence-corrected chi connectivity index (χ1v) is 4.93. The van der Waals surface area contributed by atoms with E-state index in [-0.39, 0.29) is 0 Å². The van der Waals surface area contributed by atoms with E-state index in [9.17, 15) is 0 Å². The molecule has 2 heteroatoms. The van der Waals surface area contributed by atoms with Gasteiger partial charge in [0.2, 0.25) is 0 Å². The predicted molar refractivity (Wildman–Crippen MR) is 53.5 cm³/mol. The molecule has 1 unspecified atom stereocenters. The highest BCUT2D eigenvalue weighted by Gasteiger charge is 2.22. The molecule has 0 aromatic carbocycles. The lowest BCUT2D eigenvalue weighted by Crippen LogP contribution is -2.31. The molecule has 0 aliphatic carbocycles. The minimum atomic E-state index is 0.637. The first-order chi connectivity index (χ1) is 6.29. The van der Waals surface area contributed by atoms with Crippen molar-refractivity contribution in [3.8, 4) is 0 Å². The van der Waals surface area contributed by atoms with Gasteiger partial charge in [0.15, 0.2) is 0 Å². The van der Waals surface area contributed by atoms with Crippen LogP contribution in [0.4, 0.5) is 0 Å². The second kappa shape index (κ2) is 3.46. The van der Waals surface area contributed by atoms with Crippen LogP contribution >= 0.6 is 0 Å². The molecule has 1 N–H and O–H groups in total. The summed E-state index contributed by atoms with van der Waals surface area (Å²) >= 11 is 0. The lowest BCUT2D eigenvalue weighted by molar-refractivity contribution is 0.431. The molecule has 0 fully saturated rings. The van der Waals surface area contributed by atoms with E-state index in [2.05, 4.69) is 30.2 Å². The molecule has 1 aromatic rings. The minimum Gasteiger partial charge on any atom is -0.311 e. The Labute approximate surface area is 79.4 Å². The fourth-order valence-electron chi connectivity index (χ4n) is 1.99. The molecule has 70 valence electrons. The van der Waals surface area contributed by atoms with E-state index in [1.807, 2.05) is 12.3 Å². The van der Waals surface area contributed by atoms with E-state index in [0.29, 0.717) is 11.8 Å². The van der Waals surface area contributed by atoms with Gasteiger partial charge < -0.3 is 5.32 Å². The van der Waals surface area contributed by atoms with Gasteiger partial charge in [-0.25, -0.2) is 0 Å². The molecule has 0 bridgehead atoms. The maximum Gasteiger partial charge on any atom is 0.0576 e. The van der Waals surface area contributed by atoms with Crippen LogP contribution in [0.3, 0.4) is 0 Å². The molecule has 2 heterocycles. The fraction of sp³-hybridized carbons (Fsp3) is 0.545. The van der Waals surface area contributed by atoms with Gasteiger partial charge in [-0.05, 0) is 17.5 Å². The monoisotopic (exact) mass is 176 g/mol. The molecule has 13 heavy (non-hydrogen) atoms. The van der Waals surface area contributed by atoms with Crippen LogP contribution in [0.5, 0.6) is 0 Å². The minimum absolute atomic E-state index is 0.637. The summed E-state index contributed by atoms with van der Waals surface area (Å²) in [6.07, 6.45) is 1.88. The van der Waals surface area contributed by atoms with Gasteiger partial charge in [0, 0.05) is 25.2 Å². The third-order valence-corrected chi connectivity index (χ3v) is 2.79. The summed E-state index contributed by atoms with van der Waals surface area (Å²) in [7, 11) is 0. The van der Waals surface area contributed by atoms with Gasteiger partial charge >= 0.3 is 0 Å². The number of rotatable bonds is 1. The highest BCUT2D eigenvalue weighted by molar-refractivity contribution is 5.27. The first-order valence-electron chi connectivity index (χ1n) is 4.93. The summed E-state index contributed by atoms with van der Waals surface area (Å²) in [5, 5.41) is 3.41. The lowest BCUT2D eigenvalue weighted by Gasteiger charge is -2.28. The SMILES string of the molecule is CC(C)C1CNCc2ncccc21. The quantitative estimate of drug-likeness (QED) is 0.707. The maximum atomic E-state index is 4.39. The normalized spacial score (nSPS) is 21.6. The van der Waals surface area contributed by atoms with Crippen LogP contribution in [0.1, 0.15) is 31.0 Å². The van der Waals surface area contributed by atoms with Crippen LogP contribution in [0.15, 0.2) is 18.3 Å². The molecule has 2 nitrogen and oxygen atoms in total. The second-order valence-corrected chi connectivity index (χ2v) is 4.02. The highest BCUT2D eigenvalue weighted by atomic mass is 14.9. The zero-order chi connectivity index (χ0) is 9.26. The van der Waals surface area contributed by atoms with E-state index < -0.39 is 0 Å². The van der Waals surface area contributed by atoms with Gasteiger partial charge in [0.25, 0.3) is 0 Å². The number of nitrogens with zero attached hydrogens (tertiary/aromatic N) is 1. The summed E-state index contributed by atoms with van der Waals surface area (Å²) in [6.45, 7) is 6.57. The smallest absolute Gasteiger partial charge is 0.0576 e. The van der Waals surface area contributed by atoms with E-state index in [4.69, 9.17) is 0 Å². The number of hydrogen-bond acceptors (Lipinski definition) is 2. The van der Waals surface area contributed by atoms with Crippen LogP contribution in [-0.4, -0.2) is 11.5 Å². The third kappa shape index (κ3) is 1.59. The van der Waals surface area contributed by atoms with Crippen LogP contribution in [0, 0.1) is 5.92 Å². The summed E-state index contributed by atoms with van der Waals surface area (Å²) < 4.78 is 0. The van der Waals surface area contributed by atoms with Crippen LogP contribution in [0.25, 0.3) is 0 Å². The Morgan fingerprint density at radius 2 is 2.38 bits per heavy atom. The highest BCUT2D eigenvalue weighted by Crippen LogP contribution is 2.28. The number of aromatic nitrogens is 1. The average Bonchev–Trinajstić information content (AvgIpc) is 2.17. The first kappa shape index (κ1) is 8.70. The Bertz CT molecular complexity index is 294. The van der Waals surface area contributed by atoms with Crippen LogP contribution in [-0.2, 0) is 6.54 Å². The van der Waals surface area contributed by atoms with Gasteiger partial charge in [0.05, 0.1) is 5.69 Å². The summed E-state index contributed by atoms with van der Waals surface area (Å²) in [5.74, 6) is 1.33. The fourth-order valence-corrected chi connectivity index (χ4v) is 1.99. The molecule has 1 aromatic heterocycles. The molecule has 1 aliphatic rings. The van der Waals surface area contributed by atoms with E-state index in [0.717, 1.165) is 13.1 Å². The van der Waals surface area contributed by atoms with Crippen molar-refractivity contribution in [2.24, 2.45) is 5.92 Å². The zero-order valence-corrected chi connectivity index (χ0v) is 8.25. The van der Waals surface area contributed by atoms with Crippen molar-refractivity contribution >= 4 is 0 Å². The second-order valence-electron chi connectivity index (χ2n) is 4.02. The average molecular weight is 176 g/mol. The Morgan fingerprint density at radius 1 is 1.54 bits per heavy atom. The molecule has 0 saturated heterocycles. The number of fused-ring (bicyclic) bond motifs is 1. The maximum absolute atomic E-state index is 4.39. The molecule has 0 saturated carbocycles. The van der Waals surface area contributed by atoms with Crippen molar-refractivity contribution in [3.05, 3.63) is 29.6 Å². The Morgan fingerprint density at radius 3 is 3.15 bits per heavy atom. The van der Waals surface area contributed by atoms with Crippen molar-refractivity contribution in [2.75, 3.05) is 6.54 Å². The number of pyridine rings is 1. The molecular formula is C11H16N2. The molecule has 0 amide bonds. The summed E-state index contributed by atoms with van der Waals surface area (Å²) in [4.78, 5) is 4.39. The number of hydrogen-bond donors (Lipinski definition) is 1. The Kier molecular flexibility index (Phi) is 2.32. The molecule has 0 spiro atoms. The standard InChI is InChI=1S/C11H16N2/c1-8(2)10-6-12-7-11-9(10)4-3-5-13-11/h3-5,8,10,12H,6-7H2,1-2H3. The van der Waals surface area contributed by atoms with Gasteiger partial charge in [-0.1, -0.05) is 19.9 Å². The van der Waals surface area contributed by atoms with Crippen molar-refractivity contribution in [2.45, 2.75) is 26.3 Å². The molecular weight excluding hydrogens is 160 g/mol. The van der Waals surface area contributed by atoms with Crippen molar-refractivity contribution in [1.82, 2.24) is 10.3 Å². The predicted octanol–water partition coefficient (Wildman–Crippen LogP) is 1.92. The van der Waals surface area contributed by atoms with Gasteiger partial charge in [-0.3, -0.25) is 4.98 Å². The zero-order valence-electron chi connectivity index (χ0n) is 8.25. The van der Waals surface area contributed by atoms with Crippen LogP contribution in [0.2, 0.25) is 0 Å². The molecule has 2 rings (SSSR count). The summed E-state index contributed by atoms with van der Waals surface area (Å²) in [5.41, 5.74) is 2.67. The Hall–Kier alpha value is -0.890. The molecule has 0 radical (unpaired) electrons. The molecule has 1 aliphatic heterocycles. The third-order valence-electron chi connectivity index (χ3n) is 2.79. The van der Waals surface area contributed by atoms with Gasteiger partial charge in [0.1, 0.15) is 0 Å². The van der Waals surface area contributed by atoms with Crippen LogP contribution < -0.4 is 5.32 Å². The van der Waals surface area contributed by atoms with Gasteiger partial charge in [-0.2, -0.15) is 0 Å². The largest absolute Gasteiger partial charge is 0.311 e. The van der Waals surface area contributed by atoms with Crippen molar-refractivity contribution in [1.29, 1.82) is 0 Å². The summed E-state index contributed by atoms with van der Waals surface area (Å²) in [6, 6.07) is 4.26. The van der Waals surface area contributed by atoms with E-state index in [1.54, 1.807) is 0 Å². The molecule has 1 atom stereocenters. The lowest BCUT2D eigenvalue weighted by atomic mass is 9.85. The van der Waals surface area contributed by atoms with Gasteiger partial charge in [-0.15, -0.1) is 0 Å². The topological polar surface area (TPSA) is 24.9 Å². The number of nitrogens with one attached hydrogen (secondary N) is 1. The van der Waals surface area contributed by atoms with Crippen molar-refractivity contribution in [3.63, 3.8) is 0 Å². The Balaban J connectivity index is 2.37. The van der Waals surface area contributed by atoms with Crippen molar-refractivity contribution < 1.29 is 0 Å². The van der Waals surface area contributed by atoms with E-state index >= 15 is 0 Å². The van der Waals surface area contributed by atoms with E-state index in [1.165, 1.54) is 11.3 Å².